The number of benzene rings is 6. The monoisotopic (exact) mass is 859 g/mol. The molecule has 1 amide bonds. The van der Waals surface area contributed by atoms with E-state index in [-0.39, 0.29) is 37.4 Å². The van der Waals surface area contributed by atoms with E-state index in [0.717, 1.165) is 21.6 Å². The Morgan fingerprint density at radius 1 is 0.619 bits per heavy atom. The number of hydrogen-bond acceptors (Lipinski definition) is 8. The molecule has 8 nitrogen and oxygen atoms in total. The number of aliphatic hydroxyl groups is 4. The SMILES string of the molecule is NC(=O)COc1ccc(C(Cc2ccccc2)c2cccs2)cc1[C@@H]1O[C@H](C(O)Cc2ccccc2)[C@](O)(Cc2ccccc2)[C@@](O)(Cc2ccccc2)[C@]1(O)Cc1ccccc1. The Morgan fingerprint density at radius 2 is 1.11 bits per heavy atom. The lowest BCUT2D eigenvalue weighted by Gasteiger charge is -2.62. The van der Waals surface area contributed by atoms with E-state index in [4.69, 9.17) is 15.2 Å². The van der Waals surface area contributed by atoms with E-state index < -0.39 is 47.6 Å². The van der Waals surface area contributed by atoms with E-state index in [1.165, 1.54) is 0 Å². The third-order valence-electron chi connectivity index (χ3n) is 12.5. The molecular weight excluding hydrogens is 807 g/mol. The first kappa shape index (κ1) is 43.7. The van der Waals surface area contributed by atoms with Crippen LogP contribution in [0.5, 0.6) is 5.75 Å². The molecule has 9 heteroatoms. The molecule has 1 aliphatic rings. The van der Waals surface area contributed by atoms with Gasteiger partial charge in [-0.2, -0.15) is 0 Å². The van der Waals surface area contributed by atoms with Gasteiger partial charge in [0.25, 0.3) is 5.91 Å². The van der Waals surface area contributed by atoms with Crippen LogP contribution in [0.4, 0.5) is 0 Å². The molecule has 0 bridgehead atoms. The van der Waals surface area contributed by atoms with E-state index in [1.54, 1.807) is 17.4 Å². The average Bonchev–Trinajstić information content (AvgIpc) is 3.84. The molecular formula is C54H53NO7S. The van der Waals surface area contributed by atoms with Gasteiger partial charge in [0.15, 0.2) is 6.61 Å². The second-order valence-electron chi connectivity index (χ2n) is 16.7. The molecule has 2 heterocycles. The lowest BCUT2D eigenvalue weighted by atomic mass is 9.56. The number of ether oxygens (including phenoxy) is 2. The second kappa shape index (κ2) is 19.2. The van der Waals surface area contributed by atoms with Gasteiger partial charge in [0, 0.05) is 42.0 Å². The highest BCUT2D eigenvalue weighted by atomic mass is 32.1. The number of nitrogens with two attached hydrogens (primary N) is 1. The van der Waals surface area contributed by atoms with Crippen molar-refractivity contribution in [1.82, 2.24) is 0 Å². The summed E-state index contributed by atoms with van der Waals surface area (Å²) in [6, 6.07) is 57.1. The summed E-state index contributed by atoms with van der Waals surface area (Å²) < 4.78 is 13.4. The van der Waals surface area contributed by atoms with Crippen LogP contribution in [0.25, 0.3) is 0 Å². The van der Waals surface area contributed by atoms with Crippen molar-refractivity contribution in [2.45, 2.75) is 73.1 Å². The normalized spacial score (nSPS) is 23.1. The zero-order valence-electron chi connectivity index (χ0n) is 34.9. The van der Waals surface area contributed by atoms with E-state index in [9.17, 15) is 25.2 Å². The van der Waals surface area contributed by atoms with Gasteiger partial charge in [-0.05, 0) is 63.4 Å². The predicted molar refractivity (Wildman–Crippen MR) is 246 cm³/mol. The Morgan fingerprint density at radius 3 is 1.62 bits per heavy atom. The quantitative estimate of drug-likeness (QED) is 0.0626. The number of rotatable bonds is 17. The van der Waals surface area contributed by atoms with Crippen LogP contribution in [-0.2, 0) is 41.6 Å². The highest BCUT2D eigenvalue weighted by Gasteiger charge is 2.72. The fourth-order valence-electron chi connectivity index (χ4n) is 9.39. The van der Waals surface area contributed by atoms with Crippen LogP contribution < -0.4 is 10.5 Å². The number of amides is 1. The molecule has 1 saturated heterocycles. The molecule has 1 aromatic heterocycles. The summed E-state index contributed by atoms with van der Waals surface area (Å²) >= 11 is 1.63. The largest absolute Gasteiger partial charge is 0.483 e. The highest BCUT2D eigenvalue weighted by molar-refractivity contribution is 7.10. The molecule has 0 saturated carbocycles. The number of primary amides is 1. The summed E-state index contributed by atoms with van der Waals surface area (Å²) in [6.07, 6.45) is -4.20. The molecule has 7 aromatic rings. The Labute approximate surface area is 372 Å². The zero-order valence-corrected chi connectivity index (χ0v) is 35.8. The maximum absolute atomic E-state index is 14.1. The van der Waals surface area contributed by atoms with Crippen LogP contribution in [0, 0.1) is 0 Å². The van der Waals surface area contributed by atoms with Gasteiger partial charge < -0.3 is 35.6 Å². The number of aliphatic hydroxyl groups excluding tert-OH is 1. The third kappa shape index (κ3) is 9.41. The summed E-state index contributed by atoms with van der Waals surface area (Å²) in [7, 11) is 0. The smallest absolute Gasteiger partial charge is 0.255 e. The van der Waals surface area contributed by atoms with E-state index in [0.29, 0.717) is 28.7 Å². The molecule has 0 radical (unpaired) electrons. The molecule has 1 aliphatic heterocycles. The Balaban J connectivity index is 1.39. The van der Waals surface area contributed by atoms with Gasteiger partial charge in [-0.1, -0.05) is 164 Å². The molecule has 8 rings (SSSR count). The van der Waals surface area contributed by atoms with Crippen LogP contribution in [0.1, 0.15) is 55.8 Å². The molecule has 7 atom stereocenters. The van der Waals surface area contributed by atoms with Crippen LogP contribution in [0.3, 0.4) is 0 Å². The van der Waals surface area contributed by atoms with Crippen molar-refractivity contribution in [3.63, 3.8) is 0 Å². The summed E-state index contributed by atoms with van der Waals surface area (Å²) in [5.74, 6) is -0.658. The number of hydrogen-bond donors (Lipinski definition) is 5. The van der Waals surface area contributed by atoms with Crippen molar-refractivity contribution in [2.75, 3.05) is 6.61 Å². The minimum atomic E-state index is -2.44. The average molecular weight is 860 g/mol. The Hall–Kier alpha value is -5.91. The Bertz CT molecular complexity index is 2530. The zero-order chi connectivity index (χ0) is 43.9. The fraction of sp³-hybridized carbons (Fsp3) is 0.241. The van der Waals surface area contributed by atoms with Crippen molar-refractivity contribution >= 4 is 17.2 Å². The maximum Gasteiger partial charge on any atom is 0.255 e. The lowest BCUT2D eigenvalue weighted by Crippen LogP contribution is -2.81. The maximum atomic E-state index is 14.1. The Kier molecular flexibility index (Phi) is 13.3. The van der Waals surface area contributed by atoms with Crippen LogP contribution >= 0.6 is 11.3 Å². The number of carbonyl (C=O) groups excluding carboxylic acids is 1. The van der Waals surface area contributed by atoms with Gasteiger partial charge in [-0.25, -0.2) is 0 Å². The first-order valence-corrected chi connectivity index (χ1v) is 22.2. The molecule has 6 N–H and O–H groups in total. The van der Waals surface area contributed by atoms with Crippen molar-refractivity contribution in [3.05, 3.63) is 231 Å². The molecule has 0 aliphatic carbocycles. The molecule has 6 aromatic carbocycles. The van der Waals surface area contributed by atoms with Gasteiger partial charge in [-0.15, -0.1) is 11.3 Å². The van der Waals surface area contributed by atoms with Crippen molar-refractivity contribution in [1.29, 1.82) is 0 Å². The van der Waals surface area contributed by atoms with Gasteiger partial charge in [0.05, 0.1) is 6.10 Å². The topological polar surface area (TPSA) is 142 Å². The van der Waals surface area contributed by atoms with Gasteiger partial charge >= 0.3 is 0 Å². The molecule has 0 spiro atoms. The van der Waals surface area contributed by atoms with Gasteiger partial charge in [-0.3, -0.25) is 4.79 Å². The van der Waals surface area contributed by atoms with E-state index in [2.05, 4.69) is 18.2 Å². The van der Waals surface area contributed by atoms with E-state index >= 15 is 0 Å². The van der Waals surface area contributed by atoms with E-state index in [1.807, 2.05) is 163 Å². The number of carbonyl (C=O) groups is 1. The highest BCUT2D eigenvalue weighted by Crippen LogP contribution is 2.56. The lowest BCUT2D eigenvalue weighted by molar-refractivity contribution is -0.368. The molecule has 1 fully saturated rings. The molecule has 63 heavy (non-hydrogen) atoms. The standard InChI is InChI=1S/C54H53NO7S/c55-49(57)37-61-47-29-28-43(44(48-27-16-30-63-48)31-38-17-6-1-7-18-38)33-45(47)50-52(58,34-40-21-10-3-11-22-40)54(60,36-42-25-14-5-15-26-42)53(59,35-41-23-12-4-13-24-41)51(62-50)46(56)32-39-19-8-2-9-20-39/h1-30,33,44,46,50-51,56,58-60H,31-32,34-37H2,(H2,55,57)/t44?,46?,50-,51+,52-,53+,54+/m0/s1. The van der Waals surface area contributed by atoms with Crippen LogP contribution in [0.15, 0.2) is 187 Å². The number of thiophene rings is 1. The van der Waals surface area contributed by atoms with Crippen molar-refractivity contribution in [3.8, 4) is 5.75 Å². The second-order valence-corrected chi connectivity index (χ2v) is 17.7. The predicted octanol–water partition coefficient (Wildman–Crippen LogP) is 7.95. The third-order valence-corrected chi connectivity index (χ3v) is 13.4. The minimum absolute atomic E-state index is 0.0659. The van der Waals surface area contributed by atoms with Crippen molar-refractivity contribution in [2.24, 2.45) is 5.73 Å². The molecule has 2 unspecified atom stereocenters. The molecule has 322 valence electrons. The van der Waals surface area contributed by atoms with Crippen LogP contribution in [-0.4, -0.2) is 62.0 Å². The summed E-state index contributed by atoms with van der Waals surface area (Å²) in [6.45, 7) is -0.471. The minimum Gasteiger partial charge on any atom is -0.483 e. The van der Waals surface area contributed by atoms with Crippen molar-refractivity contribution < 1.29 is 34.7 Å². The summed E-state index contributed by atoms with van der Waals surface area (Å²) in [5, 5.41) is 56.6. The fourth-order valence-corrected chi connectivity index (χ4v) is 10.2. The van der Waals surface area contributed by atoms with Gasteiger partial charge in [0.2, 0.25) is 0 Å². The van der Waals surface area contributed by atoms with Gasteiger partial charge in [0.1, 0.15) is 34.8 Å². The summed E-state index contributed by atoms with van der Waals surface area (Å²) in [4.78, 5) is 13.5. The summed E-state index contributed by atoms with van der Waals surface area (Å²) in [5.41, 5.74) is 3.66. The van der Waals surface area contributed by atoms with Crippen LogP contribution in [0.2, 0.25) is 0 Å². The first-order chi connectivity index (χ1) is 30.6. The first-order valence-electron chi connectivity index (χ1n) is 21.3.